The summed E-state index contributed by atoms with van der Waals surface area (Å²) in [4.78, 5) is 17.9. The average Bonchev–Trinajstić information content (AvgIpc) is 2.69. The van der Waals surface area contributed by atoms with E-state index in [0.717, 1.165) is 0 Å². The lowest BCUT2D eigenvalue weighted by atomic mass is 10.1. The van der Waals surface area contributed by atoms with Crippen molar-refractivity contribution in [1.29, 1.82) is 0 Å². The summed E-state index contributed by atoms with van der Waals surface area (Å²) in [7, 11) is 0. The lowest BCUT2D eigenvalue weighted by Crippen LogP contribution is -1.91. The van der Waals surface area contributed by atoms with Gasteiger partial charge in [0.05, 0.1) is 10.4 Å². The van der Waals surface area contributed by atoms with Crippen molar-refractivity contribution in [2.75, 3.05) is 0 Å². The van der Waals surface area contributed by atoms with Crippen molar-refractivity contribution in [3.8, 4) is 11.1 Å². The third-order valence-electron chi connectivity index (χ3n) is 3.55. The molecule has 3 aromatic carbocycles. The van der Waals surface area contributed by atoms with Crippen LogP contribution in [0.3, 0.4) is 0 Å². The van der Waals surface area contributed by atoms with Crippen LogP contribution in [-0.4, -0.2) is 14.9 Å². The van der Waals surface area contributed by atoms with Crippen molar-refractivity contribution < 1.29 is 4.92 Å². The number of para-hydroxylation sites is 1. The minimum Gasteiger partial charge on any atom is -0.258 e. The van der Waals surface area contributed by atoms with Crippen LogP contribution in [0.5, 0.6) is 0 Å². The number of fused-ring (bicyclic) bond motifs is 1. The highest BCUT2D eigenvalue weighted by molar-refractivity contribution is 5.83. The molecule has 0 spiro atoms. The maximum atomic E-state index is 10.6. The number of benzene rings is 3. The normalized spacial score (nSPS) is 9.92. The summed E-state index contributed by atoms with van der Waals surface area (Å²) in [6.07, 6.45) is 2.95. The van der Waals surface area contributed by atoms with Gasteiger partial charge in [0.15, 0.2) is 5.52 Å². The molecule has 25 heavy (non-hydrogen) atoms. The van der Waals surface area contributed by atoms with Gasteiger partial charge in [-0.3, -0.25) is 15.1 Å². The molecule has 0 N–H and O–H groups in total. The number of nitrogens with zero attached hydrogens (tertiary/aromatic N) is 3. The molecule has 1 aromatic heterocycles. The Morgan fingerprint density at radius 2 is 1.24 bits per heavy atom. The van der Waals surface area contributed by atoms with Crippen LogP contribution >= 0.6 is 0 Å². The van der Waals surface area contributed by atoms with E-state index in [0.29, 0.717) is 11.0 Å². The highest BCUT2D eigenvalue weighted by atomic mass is 16.6. The van der Waals surface area contributed by atoms with E-state index in [4.69, 9.17) is 0 Å². The number of nitro groups is 1. The van der Waals surface area contributed by atoms with E-state index in [9.17, 15) is 10.1 Å². The van der Waals surface area contributed by atoms with Gasteiger partial charge >= 0.3 is 0 Å². The number of hydrogen-bond acceptors (Lipinski definition) is 4. The van der Waals surface area contributed by atoms with Crippen LogP contribution in [0.25, 0.3) is 22.2 Å². The van der Waals surface area contributed by atoms with Crippen LogP contribution in [0.15, 0.2) is 91.3 Å². The fourth-order valence-electron chi connectivity index (χ4n) is 2.39. The molecular formula is C20H15N3O2. The Morgan fingerprint density at radius 3 is 1.80 bits per heavy atom. The van der Waals surface area contributed by atoms with E-state index < -0.39 is 4.92 Å². The number of aromatic nitrogens is 2. The number of rotatable bonds is 2. The van der Waals surface area contributed by atoms with Gasteiger partial charge < -0.3 is 0 Å². The summed E-state index contributed by atoms with van der Waals surface area (Å²) in [6.45, 7) is 0. The van der Waals surface area contributed by atoms with E-state index in [1.807, 2.05) is 12.1 Å². The van der Waals surface area contributed by atoms with Crippen LogP contribution < -0.4 is 0 Å². The van der Waals surface area contributed by atoms with Crippen molar-refractivity contribution in [1.82, 2.24) is 9.97 Å². The Labute approximate surface area is 144 Å². The Bertz CT molecular complexity index is 931. The fourth-order valence-corrected chi connectivity index (χ4v) is 2.39. The van der Waals surface area contributed by atoms with Crippen LogP contribution in [0.4, 0.5) is 5.69 Å². The zero-order valence-corrected chi connectivity index (χ0v) is 13.3. The first-order chi connectivity index (χ1) is 12.3. The predicted octanol–water partition coefficient (Wildman–Crippen LogP) is 4.89. The largest absolute Gasteiger partial charge is 0.297 e. The lowest BCUT2D eigenvalue weighted by molar-refractivity contribution is -0.383. The van der Waals surface area contributed by atoms with Gasteiger partial charge in [0.25, 0.3) is 5.69 Å². The molecule has 0 radical (unpaired) electrons. The van der Waals surface area contributed by atoms with Crippen molar-refractivity contribution >= 4 is 16.7 Å². The first kappa shape index (κ1) is 16.3. The molecule has 5 heteroatoms. The van der Waals surface area contributed by atoms with Gasteiger partial charge in [-0.05, 0) is 17.2 Å². The number of nitro benzene ring substituents is 1. The van der Waals surface area contributed by atoms with Crippen LogP contribution in [0.1, 0.15) is 0 Å². The SMILES string of the molecule is O=[N+]([O-])c1cccc2nccnc12.c1ccc(-c2ccccc2)cc1. The Kier molecular flexibility index (Phi) is 5.07. The third-order valence-corrected chi connectivity index (χ3v) is 3.55. The fraction of sp³-hybridized carbons (Fsp3) is 0. The van der Waals surface area contributed by atoms with E-state index in [2.05, 4.69) is 58.5 Å². The van der Waals surface area contributed by atoms with Gasteiger partial charge in [-0.1, -0.05) is 66.7 Å². The molecule has 0 amide bonds. The number of non-ortho nitro benzene ring substituents is 1. The lowest BCUT2D eigenvalue weighted by Gasteiger charge is -1.98. The molecule has 0 aliphatic rings. The van der Waals surface area contributed by atoms with Gasteiger partial charge in [0.1, 0.15) is 0 Å². The van der Waals surface area contributed by atoms with Crippen molar-refractivity contribution in [2.45, 2.75) is 0 Å². The molecule has 122 valence electrons. The van der Waals surface area contributed by atoms with E-state index in [1.54, 1.807) is 12.1 Å². The molecule has 0 saturated heterocycles. The molecule has 0 saturated carbocycles. The minimum absolute atomic E-state index is 0.00870. The quantitative estimate of drug-likeness (QED) is 0.388. The summed E-state index contributed by atoms with van der Waals surface area (Å²) in [5.74, 6) is 0. The Morgan fingerprint density at radius 1 is 0.680 bits per heavy atom. The molecule has 4 aromatic rings. The molecule has 0 unspecified atom stereocenters. The molecule has 0 aliphatic carbocycles. The Balaban J connectivity index is 0.000000146. The Hall–Kier alpha value is -3.60. The van der Waals surface area contributed by atoms with Gasteiger partial charge in [-0.25, -0.2) is 4.98 Å². The molecule has 0 aliphatic heterocycles. The predicted molar refractivity (Wildman–Crippen MR) is 98.1 cm³/mol. The number of hydrogen-bond donors (Lipinski definition) is 0. The van der Waals surface area contributed by atoms with Crippen molar-refractivity contribution in [3.05, 3.63) is 101 Å². The molecule has 0 fully saturated rings. The van der Waals surface area contributed by atoms with E-state index in [-0.39, 0.29) is 5.69 Å². The summed E-state index contributed by atoms with van der Waals surface area (Å²) in [5.41, 5.74) is 3.41. The highest BCUT2D eigenvalue weighted by Gasteiger charge is 2.11. The summed E-state index contributed by atoms with van der Waals surface area (Å²) in [5, 5.41) is 10.6. The molecule has 5 nitrogen and oxygen atoms in total. The maximum Gasteiger partial charge on any atom is 0.297 e. The first-order valence-electron chi connectivity index (χ1n) is 7.70. The molecule has 0 bridgehead atoms. The van der Waals surface area contributed by atoms with Crippen LogP contribution in [-0.2, 0) is 0 Å². The summed E-state index contributed by atoms with van der Waals surface area (Å²) >= 11 is 0. The van der Waals surface area contributed by atoms with Gasteiger partial charge in [0.2, 0.25) is 0 Å². The van der Waals surface area contributed by atoms with Crippen LogP contribution in [0, 0.1) is 10.1 Å². The molecular weight excluding hydrogens is 314 g/mol. The van der Waals surface area contributed by atoms with Gasteiger partial charge in [0, 0.05) is 18.5 Å². The second kappa shape index (κ2) is 7.79. The zero-order chi connectivity index (χ0) is 17.5. The summed E-state index contributed by atoms with van der Waals surface area (Å²) < 4.78 is 0. The molecule has 0 atom stereocenters. The zero-order valence-electron chi connectivity index (χ0n) is 13.3. The molecule has 4 rings (SSSR count). The first-order valence-corrected chi connectivity index (χ1v) is 7.70. The monoisotopic (exact) mass is 329 g/mol. The molecule has 1 heterocycles. The summed E-state index contributed by atoms with van der Waals surface area (Å²) in [6, 6.07) is 25.5. The van der Waals surface area contributed by atoms with Crippen LogP contribution in [0.2, 0.25) is 0 Å². The standard InChI is InChI=1S/C12H10.C8H5N3O2/c1-3-7-11(8-4-1)12-9-5-2-6-10-12;12-11(13)7-3-1-2-6-8(7)10-5-4-9-6/h1-10H;1-5H. The maximum absolute atomic E-state index is 10.6. The second-order valence-corrected chi connectivity index (χ2v) is 5.19. The van der Waals surface area contributed by atoms with E-state index >= 15 is 0 Å². The van der Waals surface area contributed by atoms with E-state index in [1.165, 1.54) is 29.6 Å². The average molecular weight is 329 g/mol. The second-order valence-electron chi connectivity index (χ2n) is 5.19. The third kappa shape index (κ3) is 4.03. The smallest absolute Gasteiger partial charge is 0.258 e. The van der Waals surface area contributed by atoms with Crippen molar-refractivity contribution in [3.63, 3.8) is 0 Å². The van der Waals surface area contributed by atoms with Gasteiger partial charge in [-0.15, -0.1) is 0 Å². The topological polar surface area (TPSA) is 68.9 Å². The highest BCUT2D eigenvalue weighted by Crippen LogP contribution is 2.20. The van der Waals surface area contributed by atoms with Gasteiger partial charge in [-0.2, -0.15) is 0 Å². The van der Waals surface area contributed by atoms with Crippen molar-refractivity contribution in [2.24, 2.45) is 0 Å². The minimum atomic E-state index is -0.461.